The molecule has 0 saturated carbocycles. The van der Waals surface area contributed by atoms with Crippen LogP contribution in [-0.2, 0) is 0 Å². The molecule has 0 radical (unpaired) electrons. The molecule has 0 aliphatic heterocycles. The topological polar surface area (TPSA) is 20.2 Å². The Labute approximate surface area is 110 Å². The molecule has 1 aromatic heterocycles. The normalized spacial score (nSPS) is 12.8. The van der Waals surface area contributed by atoms with Crippen LogP contribution < -0.4 is 0 Å². The number of aliphatic hydroxyl groups excluding tert-OH is 1. The lowest BCUT2D eigenvalue weighted by Crippen LogP contribution is -2.04. The van der Waals surface area contributed by atoms with Crippen LogP contribution in [0.3, 0.4) is 0 Å². The molecule has 2 aromatic rings. The van der Waals surface area contributed by atoms with Gasteiger partial charge < -0.3 is 5.11 Å². The largest absolute Gasteiger partial charge is 0.383 e. The summed E-state index contributed by atoms with van der Waals surface area (Å²) in [5.41, 5.74) is -0.310. The van der Waals surface area contributed by atoms with Crippen molar-refractivity contribution < 1.29 is 13.9 Å². The highest BCUT2D eigenvalue weighted by atomic mass is 79.9. The highest BCUT2D eigenvalue weighted by Gasteiger charge is 2.23. The number of aryl methyl sites for hydroxylation is 1. The summed E-state index contributed by atoms with van der Waals surface area (Å²) in [4.78, 5) is 1.47. The van der Waals surface area contributed by atoms with Crippen LogP contribution in [0.1, 0.15) is 21.4 Å². The summed E-state index contributed by atoms with van der Waals surface area (Å²) < 4.78 is 27.7. The third kappa shape index (κ3) is 2.41. The average Bonchev–Trinajstić information content (AvgIpc) is 2.57. The molecule has 17 heavy (non-hydrogen) atoms. The minimum atomic E-state index is -1.29. The first-order valence-corrected chi connectivity index (χ1v) is 6.49. The van der Waals surface area contributed by atoms with Crippen molar-refractivity contribution in [1.29, 1.82) is 0 Å². The second-order valence-corrected chi connectivity index (χ2v) is 5.75. The number of benzene rings is 1. The van der Waals surface area contributed by atoms with E-state index in [1.807, 2.05) is 13.0 Å². The van der Waals surface area contributed by atoms with E-state index in [1.165, 1.54) is 17.4 Å². The fourth-order valence-corrected chi connectivity index (χ4v) is 3.45. The van der Waals surface area contributed by atoms with Crippen LogP contribution in [0.4, 0.5) is 8.78 Å². The fourth-order valence-electron chi connectivity index (χ4n) is 1.59. The van der Waals surface area contributed by atoms with Crippen molar-refractivity contribution in [2.45, 2.75) is 13.0 Å². The van der Waals surface area contributed by atoms with Crippen LogP contribution in [-0.4, -0.2) is 5.11 Å². The zero-order valence-electron chi connectivity index (χ0n) is 8.88. The van der Waals surface area contributed by atoms with Gasteiger partial charge in [0.15, 0.2) is 0 Å². The summed E-state index contributed by atoms with van der Waals surface area (Å²) in [5.74, 6) is -1.48. The molecule has 1 nitrogen and oxygen atoms in total. The molecule has 1 N–H and O–H groups in total. The minimum Gasteiger partial charge on any atom is -0.383 e. The van der Waals surface area contributed by atoms with Crippen molar-refractivity contribution >= 4 is 27.3 Å². The number of hydrogen-bond donors (Lipinski definition) is 1. The third-order valence-electron chi connectivity index (χ3n) is 2.36. The van der Waals surface area contributed by atoms with Gasteiger partial charge in [0.2, 0.25) is 0 Å². The van der Waals surface area contributed by atoms with E-state index < -0.39 is 17.7 Å². The molecule has 0 aliphatic carbocycles. The van der Waals surface area contributed by atoms with Gasteiger partial charge in [0.05, 0.1) is 10.4 Å². The highest BCUT2D eigenvalue weighted by molar-refractivity contribution is 9.10. The lowest BCUT2D eigenvalue weighted by atomic mass is 10.1. The molecule has 0 spiro atoms. The van der Waals surface area contributed by atoms with Crippen LogP contribution in [0.2, 0.25) is 0 Å². The Morgan fingerprint density at radius 1 is 1.29 bits per heavy atom. The van der Waals surface area contributed by atoms with Crippen LogP contribution >= 0.6 is 27.3 Å². The number of rotatable bonds is 2. The minimum absolute atomic E-state index is 0.310. The standard InChI is InChI=1S/C12H9BrF2OS/c1-6-5-7(13)12(17-6)11(16)10-8(14)3-2-4-9(10)15/h2-5,11,16H,1H3. The molecular formula is C12H9BrF2OS. The Morgan fingerprint density at radius 2 is 1.88 bits per heavy atom. The van der Waals surface area contributed by atoms with Gasteiger partial charge in [0.1, 0.15) is 17.7 Å². The van der Waals surface area contributed by atoms with Crippen molar-refractivity contribution in [3.05, 3.63) is 55.7 Å². The molecule has 1 atom stereocenters. The quantitative estimate of drug-likeness (QED) is 0.880. The summed E-state index contributed by atoms with van der Waals surface area (Å²) in [7, 11) is 0. The lowest BCUT2D eigenvalue weighted by Gasteiger charge is -2.11. The number of hydrogen-bond acceptors (Lipinski definition) is 2. The van der Waals surface area contributed by atoms with Gasteiger partial charge in [-0.05, 0) is 41.1 Å². The second-order valence-electron chi connectivity index (χ2n) is 3.61. The van der Waals surface area contributed by atoms with Gasteiger partial charge in [-0.15, -0.1) is 11.3 Å². The maximum atomic E-state index is 13.5. The first-order valence-electron chi connectivity index (χ1n) is 4.88. The molecule has 2 rings (SSSR count). The lowest BCUT2D eigenvalue weighted by molar-refractivity contribution is 0.212. The van der Waals surface area contributed by atoms with Gasteiger partial charge in [-0.3, -0.25) is 0 Å². The number of aliphatic hydroxyl groups is 1. The van der Waals surface area contributed by atoms with E-state index in [2.05, 4.69) is 15.9 Å². The Hall–Kier alpha value is -0.780. The van der Waals surface area contributed by atoms with Gasteiger partial charge in [-0.25, -0.2) is 8.78 Å². The van der Waals surface area contributed by atoms with E-state index in [1.54, 1.807) is 0 Å². The van der Waals surface area contributed by atoms with Gasteiger partial charge in [0.25, 0.3) is 0 Å². The van der Waals surface area contributed by atoms with E-state index >= 15 is 0 Å². The summed E-state index contributed by atoms with van der Waals surface area (Å²) in [6.45, 7) is 1.86. The van der Waals surface area contributed by atoms with Crippen LogP contribution in [0, 0.1) is 18.6 Å². The van der Waals surface area contributed by atoms with Gasteiger partial charge in [-0.1, -0.05) is 6.07 Å². The molecule has 0 amide bonds. The van der Waals surface area contributed by atoms with Gasteiger partial charge >= 0.3 is 0 Å². The van der Waals surface area contributed by atoms with Crippen LogP contribution in [0.25, 0.3) is 0 Å². The zero-order chi connectivity index (χ0) is 12.6. The van der Waals surface area contributed by atoms with Crippen molar-refractivity contribution in [3.63, 3.8) is 0 Å². The Morgan fingerprint density at radius 3 is 2.35 bits per heavy atom. The smallest absolute Gasteiger partial charge is 0.132 e. The van der Waals surface area contributed by atoms with Crippen molar-refractivity contribution in [2.75, 3.05) is 0 Å². The number of halogens is 3. The molecule has 5 heteroatoms. The summed E-state index contributed by atoms with van der Waals surface area (Å²) in [6.07, 6.45) is -1.29. The fraction of sp³-hybridized carbons (Fsp3) is 0.167. The summed E-state index contributed by atoms with van der Waals surface area (Å²) in [6, 6.07) is 5.35. The van der Waals surface area contributed by atoms with Crippen LogP contribution in [0.15, 0.2) is 28.7 Å². The molecule has 1 unspecified atom stereocenters. The maximum Gasteiger partial charge on any atom is 0.132 e. The number of thiophene rings is 1. The predicted octanol–water partition coefficient (Wildman–Crippen LogP) is 4.18. The molecule has 90 valence electrons. The molecule has 0 saturated heterocycles. The zero-order valence-corrected chi connectivity index (χ0v) is 11.3. The van der Waals surface area contributed by atoms with Crippen LogP contribution in [0.5, 0.6) is 0 Å². The SMILES string of the molecule is Cc1cc(Br)c(C(O)c2c(F)cccc2F)s1. The van der Waals surface area contributed by atoms with Crippen molar-refractivity contribution in [1.82, 2.24) is 0 Å². The molecular weight excluding hydrogens is 310 g/mol. The first-order chi connectivity index (χ1) is 8.00. The monoisotopic (exact) mass is 318 g/mol. The highest BCUT2D eigenvalue weighted by Crippen LogP contribution is 2.37. The van der Waals surface area contributed by atoms with Gasteiger partial charge in [-0.2, -0.15) is 0 Å². The maximum absolute atomic E-state index is 13.5. The average molecular weight is 319 g/mol. The van der Waals surface area contributed by atoms with E-state index in [9.17, 15) is 13.9 Å². The van der Waals surface area contributed by atoms with Crippen molar-refractivity contribution in [2.24, 2.45) is 0 Å². The van der Waals surface area contributed by atoms with E-state index in [-0.39, 0.29) is 5.56 Å². The second kappa shape index (κ2) is 4.84. The Kier molecular flexibility index (Phi) is 3.61. The van der Waals surface area contributed by atoms with Gasteiger partial charge in [0, 0.05) is 9.35 Å². The molecule has 0 bridgehead atoms. The predicted molar refractivity (Wildman–Crippen MR) is 67.2 cm³/mol. The van der Waals surface area contributed by atoms with E-state index in [0.717, 1.165) is 17.0 Å². The van der Waals surface area contributed by atoms with Crippen molar-refractivity contribution in [3.8, 4) is 0 Å². The molecule has 0 aliphatic rings. The molecule has 1 aromatic carbocycles. The third-order valence-corrected chi connectivity index (χ3v) is 4.38. The summed E-state index contributed by atoms with van der Waals surface area (Å²) in [5, 5.41) is 10.0. The van der Waals surface area contributed by atoms with E-state index in [4.69, 9.17) is 0 Å². The van der Waals surface area contributed by atoms with E-state index in [0.29, 0.717) is 9.35 Å². The molecule has 0 fully saturated rings. The Bertz CT molecular complexity index is 533. The molecule has 1 heterocycles. The Balaban J connectivity index is 2.51. The first kappa shape index (κ1) is 12.7. The summed E-state index contributed by atoms with van der Waals surface area (Å²) >= 11 is 4.57.